The summed E-state index contributed by atoms with van der Waals surface area (Å²) in [6.45, 7) is 1.50. The summed E-state index contributed by atoms with van der Waals surface area (Å²) >= 11 is 7.36. The fourth-order valence-corrected chi connectivity index (χ4v) is 4.25. The zero-order valence-electron chi connectivity index (χ0n) is 11.3. The Labute approximate surface area is 126 Å². The molecule has 0 bridgehead atoms. The molecular formula is C13H17ClN2O3S. The Hall–Kier alpha value is -0.850. The predicted molar refractivity (Wildman–Crippen MR) is 77.8 cm³/mol. The van der Waals surface area contributed by atoms with Gasteiger partial charge in [0.15, 0.2) is 15.2 Å². The van der Waals surface area contributed by atoms with Gasteiger partial charge in [0, 0.05) is 6.54 Å². The molecule has 2 heterocycles. The van der Waals surface area contributed by atoms with Crippen LogP contribution >= 0.6 is 22.9 Å². The maximum absolute atomic E-state index is 11.6. The van der Waals surface area contributed by atoms with Crippen LogP contribution in [0.5, 0.6) is 0 Å². The summed E-state index contributed by atoms with van der Waals surface area (Å²) < 4.78 is 10.6. The molecule has 2 aliphatic rings. The number of rotatable bonds is 2. The number of ether oxygens (including phenoxy) is 2. The van der Waals surface area contributed by atoms with Crippen LogP contribution in [0.2, 0.25) is 5.15 Å². The van der Waals surface area contributed by atoms with Gasteiger partial charge in [-0.1, -0.05) is 35.8 Å². The number of hydrogen-bond donors (Lipinski definition) is 0. The lowest BCUT2D eigenvalue weighted by atomic mass is 9.90. The lowest BCUT2D eigenvalue weighted by molar-refractivity contribution is -0.00868. The average molecular weight is 317 g/mol. The standard InChI is InChI=1S/C13H17ClN2O3S/c1-18-12(17)10-11(14)15-13(20-10)16-6-7-19-9-5-3-2-4-8(9)16/h8-9H,2-7H2,1H3. The summed E-state index contributed by atoms with van der Waals surface area (Å²) in [5.41, 5.74) is 0. The average Bonchev–Trinajstić information content (AvgIpc) is 2.87. The third-order valence-corrected chi connectivity index (χ3v) is 5.38. The normalized spacial score (nSPS) is 26.2. The number of morpholine rings is 1. The molecule has 1 aromatic heterocycles. The van der Waals surface area contributed by atoms with Crippen molar-refractivity contribution in [2.75, 3.05) is 25.2 Å². The Kier molecular flexibility index (Phi) is 4.14. The molecule has 20 heavy (non-hydrogen) atoms. The number of fused-ring (bicyclic) bond motifs is 1. The van der Waals surface area contributed by atoms with Crippen molar-refractivity contribution >= 4 is 34.0 Å². The van der Waals surface area contributed by atoms with E-state index in [9.17, 15) is 4.79 Å². The van der Waals surface area contributed by atoms with Crippen molar-refractivity contribution in [1.82, 2.24) is 4.98 Å². The summed E-state index contributed by atoms with van der Waals surface area (Å²) in [7, 11) is 1.35. The van der Waals surface area contributed by atoms with Crippen LogP contribution in [0.3, 0.4) is 0 Å². The molecule has 0 aromatic carbocycles. The molecular weight excluding hydrogens is 300 g/mol. The van der Waals surface area contributed by atoms with E-state index in [1.54, 1.807) is 0 Å². The fourth-order valence-electron chi connectivity index (χ4n) is 2.97. The molecule has 2 atom stereocenters. The molecule has 1 aliphatic carbocycles. The van der Waals surface area contributed by atoms with Gasteiger partial charge in [0.25, 0.3) is 0 Å². The lowest BCUT2D eigenvalue weighted by Crippen LogP contribution is -2.52. The molecule has 3 rings (SSSR count). The van der Waals surface area contributed by atoms with Gasteiger partial charge in [-0.2, -0.15) is 0 Å². The summed E-state index contributed by atoms with van der Waals surface area (Å²) in [6, 6.07) is 0.352. The second kappa shape index (κ2) is 5.87. The monoisotopic (exact) mass is 316 g/mol. The van der Waals surface area contributed by atoms with Gasteiger partial charge in [-0.3, -0.25) is 0 Å². The predicted octanol–water partition coefficient (Wildman–Crippen LogP) is 2.73. The van der Waals surface area contributed by atoms with Crippen molar-refractivity contribution in [3.8, 4) is 0 Å². The molecule has 1 saturated heterocycles. The highest BCUT2D eigenvalue weighted by Gasteiger charge is 2.36. The quantitative estimate of drug-likeness (QED) is 0.785. The minimum Gasteiger partial charge on any atom is -0.465 e. The van der Waals surface area contributed by atoms with E-state index in [1.807, 2.05) is 0 Å². The van der Waals surface area contributed by atoms with Crippen molar-refractivity contribution in [3.63, 3.8) is 0 Å². The summed E-state index contributed by atoms with van der Waals surface area (Å²) in [6.07, 6.45) is 4.92. The highest BCUT2D eigenvalue weighted by Crippen LogP contribution is 2.36. The summed E-state index contributed by atoms with van der Waals surface area (Å²) in [5.74, 6) is -0.424. The number of aromatic nitrogens is 1. The smallest absolute Gasteiger partial charge is 0.351 e. The Morgan fingerprint density at radius 2 is 2.30 bits per heavy atom. The number of hydrogen-bond acceptors (Lipinski definition) is 6. The van der Waals surface area contributed by atoms with Crippen LogP contribution in [0.15, 0.2) is 0 Å². The molecule has 2 fully saturated rings. The summed E-state index contributed by atoms with van der Waals surface area (Å²) in [5, 5.41) is 1.03. The Morgan fingerprint density at radius 1 is 1.50 bits per heavy atom. The van der Waals surface area contributed by atoms with E-state index in [0.717, 1.165) is 24.5 Å². The first-order valence-corrected chi connectivity index (χ1v) is 8.03. The van der Waals surface area contributed by atoms with Crippen molar-refractivity contribution in [1.29, 1.82) is 0 Å². The second-order valence-corrected chi connectivity index (χ2v) is 6.40. The molecule has 110 valence electrons. The Balaban J connectivity index is 1.86. The zero-order chi connectivity index (χ0) is 14.1. The highest BCUT2D eigenvalue weighted by atomic mass is 35.5. The minimum absolute atomic E-state index is 0.232. The minimum atomic E-state index is -0.424. The molecule has 0 spiro atoms. The highest BCUT2D eigenvalue weighted by molar-refractivity contribution is 7.18. The van der Waals surface area contributed by atoms with E-state index in [1.165, 1.54) is 31.3 Å². The molecule has 0 radical (unpaired) electrons. The molecule has 0 amide bonds. The van der Waals surface area contributed by atoms with E-state index < -0.39 is 5.97 Å². The van der Waals surface area contributed by atoms with E-state index in [0.29, 0.717) is 17.5 Å². The van der Waals surface area contributed by atoms with E-state index in [-0.39, 0.29) is 11.3 Å². The van der Waals surface area contributed by atoms with Crippen molar-refractivity contribution in [2.45, 2.75) is 37.8 Å². The number of halogens is 1. The fraction of sp³-hybridized carbons (Fsp3) is 0.692. The molecule has 7 heteroatoms. The third kappa shape index (κ3) is 2.52. The zero-order valence-corrected chi connectivity index (χ0v) is 12.9. The first kappa shape index (κ1) is 14.1. The van der Waals surface area contributed by atoms with E-state index >= 15 is 0 Å². The molecule has 1 saturated carbocycles. The van der Waals surface area contributed by atoms with Crippen LogP contribution < -0.4 is 4.90 Å². The maximum atomic E-state index is 11.6. The number of nitrogens with zero attached hydrogens (tertiary/aromatic N) is 2. The van der Waals surface area contributed by atoms with Gasteiger partial charge < -0.3 is 14.4 Å². The van der Waals surface area contributed by atoms with Crippen LogP contribution in [-0.2, 0) is 9.47 Å². The van der Waals surface area contributed by atoms with Crippen LogP contribution in [0.25, 0.3) is 0 Å². The lowest BCUT2D eigenvalue weighted by Gasteiger charge is -2.43. The maximum Gasteiger partial charge on any atom is 0.351 e. The first-order valence-electron chi connectivity index (χ1n) is 6.83. The number of methoxy groups -OCH3 is 1. The number of anilines is 1. The number of thiazole rings is 1. The van der Waals surface area contributed by atoms with E-state index in [4.69, 9.17) is 21.1 Å². The number of esters is 1. The Morgan fingerprint density at radius 3 is 3.10 bits per heavy atom. The third-order valence-electron chi connectivity index (χ3n) is 3.92. The topological polar surface area (TPSA) is 51.7 Å². The van der Waals surface area contributed by atoms with Crippen LogP contribution in [-0.4, -0.2) is 43.4 Å². The van der Waals surface area contributed by atoms with Crippen molar-refractivity contribution in [2.24, 2.45) is 0 Å². The van der Waals surface area contributed by atoms with Gasteiger partial charge in [0.2, 0.25) is 0 Å². The SMILES string of the molecule is COC(=O)c1sc(N2CCOC3CCCCC32)nc1Cl. The summed E-state index contributed by atoms with van der Waals surface area (Å²) in [4.78, 5) is 18.6. The van der Waals surface area contributed by atoms with Gasteiger partial charge >= 0.3 is 5.97 Å². The second-order valence-electron chi connectivity index (χ2n) is 5.06. The first-order chi connectivity index (χ1) is 9.70. The van der Waals surface area contributed by atoms with Gasteiger partial charge in [-0.15, -0.1) is 0 Å². The molecule has 2 unspecified atom stereocenters. The number of carbonyl (C=O) groups excluding carboxylic acids is 1. The van der Waals surface area contributed by atoms with Crippen molar-refractivity contribution < 1.29 is 14.3 Å². The number of carbonyl (C=O) groups is 1. The Bertz CT molecular complexity index is 506. The van der Waals surface area contributed by atoms with Crippen molar-refractivity contribution in [3.05, 3.63) is 10.0 Å². The van der Waals surface area contributed by atoms with Gasteiger partial charge in [0.1, 0.15) is 0 Å². The van der Waals surface area contributed by atoms with Gasteiger partial charge in [-0.25, -0.2) is 9.78 Å². The van der Waals surface area contributed by atoms with Crippen LogP contribution in [0.1, 0.15) is 35.4 Å². The van der Waals surface area contributed by atoms with Gasteiger partial charge in [0.05, 0.1) is 25.9 Å². The molecule has 1 aliphatic heterocycles. The molecule has 5 nitrogen and oxygen atoms in total. The van der Waals surface area contributed by atoms with Crippen LogP contribution in [0, 0.1) is 0 Å². The van der Waals surface area contributed by atoms with Gasteiger partial charge in [-0.05, 0) is 12.8 Å². The van der Waals surface area contributed by atoms with Crippen LogP contribution in [0.4, 0.5) is 5.13 Å². The largest absolute Gasteiger partial charge is 0.465 e. The van der Waals surface area contributed by atoms with E-state index in [2.05, 4.69) is 9.88 Å². The molecule has 0 N–H and O–H groups in total. The molecule has 1 aromatic rings.